The maximum absolute atomic E-state index is 12.4. The average Bonchev–Trinajstić information content (AvgIpc) is 3.15. The van der Waals surface area contributed by atoms with Crippen molar-refractivity contribution < 1.29 is 14.3 Å². The van der Waals surface area contributed by atoms with E-state index < -0.39 is 11.8 Å². The first-order valence-electron chi connectivity index (χ1n) is 9.70. The van der Waals surface area contributed by atoms with Crippen molar-refractivity contribution in [2.75, 3.05) is 6.54 Å². The van der Waals surface area contributed by atoms with Crippen LogP contribution in [-0.2, 0) is 4.79 Å². The molecule has 2 N–H and O–H groups in total. The van der Waals surface area contributed by atoms with Gasteiger partial charge in [0.1, 0.15) is 16.4 Å². The maximum atomic E-state index is 12.4. The van der Waals surface area contributed by atoms with Crippen molar-refractivity contribution >= 4 is 51.1 Å². The van der Waals surface area contributed by atoms with Gasteiger partial charge in [0.15, 0.2) is 0 Å². The molecule has 0 aliphatic rings. The molecule has 160 valence electrons. The van der Waals surface area contributed by atoms with Crippen molar-refractivity contribution in [3.05, 3.63) is 94.3 Å². The first kappa shape index (κ1) is 21.5. The Labute approximate surface area is 193 Å². The number of nitrogens with zero attached hydrogens (tertiary/aromatic N) is 1. The molecule has 0 saturated carbocycles. The number of carbonyl (C=O) groups is 2. The van der Waals surface area contributed by atoms with Crippen LogP contribution in [0, 0.1) is 0 Å². The SMILES string of the molecule is O=C(CNC(=O)c1sc2ccccc2c1Cl)N/N=C/c1cccc(Oc2ccccc2)c1. The van der Waals surface area contributed by atoms with Crippen LogP contribution >= 0.6 is 22.9 Å². The summed E-state index contributed by atoms with van der Waals surface area (Å²) in [6.07, 6.45) is 1.50. The van der Waals surface area contributed by atoms with Crippen LogP contribution in [0.5, 0.6) is 11.5 Å². The van der Waals surface area contributed by atoms with Crippen LogP contribution in [-0.4, -0.2) is 24.6 Å². The van der Waals surface area contributed by atoms with Crippen LogP contribution in [0.4, 0.5) is 0 Å². The summed E-state index contributed by atoms with van der Waals surface area (Å²) in [5, 5.41) is 7.71. The number of rotatable bonds is 7. The number of halogens is 1. The number of thiophene rings is 1. The van der Waals surface area contributed by atoms with Gasteiger partial charge in [-0.05, 0) is 35.9 Å². The van der Waals surface area contributed by atoms with Crippen molar-refractivity contribution in [1.29, 1.82) is 0 Å². The summed E-state index contributed by atoms with van der Waals surface area (Å²) >= 11 is 7.58. The molecule has 0 unspecified atom stereocenters. The Morgan fingerprint density at radius 2 is 1.72 bits per heavy atom. The van der Waals surface area contributed by atoms with Crippen LogP contribution in [0.2, 0.25) is 5.02 Å². The van der Waals surface area contributed by atoms with E-state index in [0.717, 1.165) is 21.4 Å². The van der Waals surface area contributed by atoms with E-state index in [4.69, 9.17) is 16.3 Å². The van der Waals surface area contributed by atoms with Gasteiger partial charge in [-0.2, -0.15) is 5.10 Å². The van der Waals surface area contributed by atoms with Gasteiger partial charge in [0.2, 0.25) is 0 Å². The minimum absolute atomic E-state index is 0.224. The number of fused-ring (bicyclic) bond motifs is 1. The fraction of sp³-hybridized carbons (Fsp3) is 0.0417. The van der Waals surface area contributed by atoms with Crippen molar-refractivity contribution in [2.24, 2.45) is 5.10 Å². The number of hydrogen-bond donors (Lipinski definition) is 2. The van der Waals surface area contributed by atoms with Crippen LogP contribution in [0.15, 0.2) is 84.0 Å². The predicted octanol–water partition coefficient (Wildman–Crippen LogP) is 5.23. The zero-order valence-electron chi connectivity index (χ0n) is 16.7. The number of nitrogens with one attached hydrogen (secondary N) is 2. The molecule has 2 amide bonds. The summed E-state index contributed by atoms with van der Waals surface area (Å²) in [5.74, 6) is 0.521. The Morgan fingerprint density at radius 3 is 2.53 bits per heavy atom. The van der Waals surface area contributed by atoms with Gasteiger partial charge in [0.25, 0.3) is 11.8 Å². The molecule has 1 aromatic heterocycles. The van der Waals surface area contributed by atoms with Crippen molar-refractivity contribution in [1.82, 2.24) is 10.7 Å². The van der Waals surface area contributed by atoms with Gasteiger partial charge in [-0.1, -0.05) is 60.1 Å². The van der Waals surface area contributed by atoms with Gasteiger partial charge >= 0.3 is 0 Å². The van der Waals surface area contributed by atoms with Gasteiger partial charge in [-0.15, -0.1) is 11.3 Å². The zero-order valence-corrected chi connectivity index (χ0v) is 18.3. The molecule has 0 aliphatic carbocycles. The van der Waals surface area contributed by atoms with Gasteiger partial charge < -0.3 is 10.1 Å². The largest absolute Gasteiger partial charge is 0.457 e. The second-order valence-electron chi connectivity index (χ2n) is 6.70. The Bertz CT molecular complexity index is 1290. The van der Waals surface area contributed by atoms with Gasteiger partial charge in [-0.25, -0.2) is 5.43 Å². The second-order valence-corrected chi connectivity index (χ2v) is 8.13. The van der Waals surface area contributed by atoms with Gasteiger partial charge in [0, 0.05) is 10.1 Å². The smallest absolute Gasteiger partial charge is 0.263 e. The molecule has 8 heteroatoms. The molecule has 3 aromatic carbocycles. The van der Waals surface area contributed by atoms with Crippen LogP contribution in [0.25, 0.3) is 10.1 Å². The minimum Gasteiger partial charge on any atom is -0.457 e. The molecule has 0 aliphatic heterocycles. The average molecular weight is 464 g/mol. The van der Waals surface area contributed by atoms with Crippen molar-refractivity contribution in [3.8, 4) is 11.5 Å². The second kappa shape index (κ2) is 10.1. The zero-order chi connectivity index (χ0) is 22.3. The molecule has 4 aromatic rings. The lowest BCUT2D eigenvalue weighted by Gasteiger charge is -2.06. The third kappa shape index (κ3) is 5.32. The molecule has 0 bridgehead atoms. The number of hydrazone groups is 1. The number of benzene rings is 3. The van der Waals surface area contributed by atoms with E-state index in [0.29, 0.717) is 15.6 Å². The number of hydrogen-bond acceptors (Lipinski definition) is 5. The van der Waals surface area contributed by atoms with Crippen molar-refractivity contribution in [3.63, 3.8) is 0 Å². The standard InChI is InChI=1S/C24H18ClN3O3S/c25-22-19-11-4-5-12-20(19)32-23(22)24(30)26-15-21(29)28-27-14-16-7-6-10-18(13-16)31-17-8-2-1-3-9-17/h1-14H,15H2,(H,26,30)(H,28,29)/b27-14+. The Morgan fingerprint density at radius 1 is 0.969 bits per heavy atom. The van der Waals surface area contributed by atoms with Gasteiger partial charge in [-0.3, -0.25) is 9.59 Å². The molecule has 32 heavy (non-hydrogen) atoms. The molecule has 0 radical (unpaired) electrons. The third-order valence-electron chi connectivity index (χ3n) is 4.39. The minimum atomic E-state index is -0.455. The topological polar surface area (TPSA) is 79.8 Å². The molecule has 1 heterocycles. The molecule has 0 atom stereocenters. The molecule has 6 nitrogen and oxygen atoms in total. The van der Waals surface area contributed by atoms with Gasteiger partial charge in [0.05, 0.1) is 17.8 Å². The lowest BCUT2D eigenvalue weighted by atomic mass is 10.2. The van der Waals surface area contributed by atoms with E-state index in [1.165, 1.54) is 17.6 Å². The summed E-state index contributed by atoms with van der Waals surface area (Å²) < 4.78 is 6.69. The monoisotopic (exact) mass is 463 g/mol. The number of amides is 2. The Hall–Kier alpha value is -3.68. The van der Waals surface area contributed by atoms with Crippen molar-refractivity contribution in [2.45, 2.75) is 0 Å². The highest BCUT2D eigenvalue weighted by Gasteiger charge is 2.17. The van der Waals surface area contributed by atoms with Crippen LogP contribution in [0.3, 0.4) is 0 Å². The third-order valence-corrected chi connectivity index (χ3v) is 6.06. The van der Waals surface area contributed by atoms with E-state index >= 15 is 0 Å². The van der Waals surface area contributed by atoms with E-state index in [9.17, 15) is 9.59 Å². The molecule has 0 spiro atoms. The number of para-hydroxylation sites is 1. The molecule has 0 saturated heterocycles. The summed E-state index contributed by atoms with van der Waals surface area (Å²) in [5.41, 5.74) is 3.14. The lowest BCUT2D eigenvalue weighted by Crippen LogP contribution is -2.34. The number of carbonyl (C=O) groups excluding carboxylic acids is 2. The first-order chi connectivity index (χ1) is 15.6. The number of ether oxygens (including phenoxy) is 1. The Kier molecular flexibility index (Phi) is 6.79. The van der Waals surface area contributed by atoms with E-state index in [-0.39, 0.29) is 6.54 Å². The van der Waals surface area contributed by atoms with E-state index in [2.05, 4.69) is 15.8 Å². The highest BCUT2D eigenvalue weighted by molar-refractivity contribution is 7.21. The summed E-state index contributed by atoms with van der Waals surface area (Å²) in [7, 11) is 0. The molecule has 4 rings (SSSR count). The highest BCUT2D eigenvalue weighted by Crippen LogP contribution is 2.34. The van der Waals surface area contributed by atoms with E-state index in [1.807, 2.05) is 72.8 Å². The van der Waals surface area contributed by atoms with Crippen LogP contribution in [0.1, 0.15) is 15.2 Å². The quantitative estimate of drug-likeness (QED) is 0.291. The fourth-order valence-corrected chi connectivity index (χ4v) is 4.34. The lowest BCUT2D eigenvalue weighted by molar-refractivity contribution is -0.120. The highest BCUT2D eigenvalue weighted by atomic mass is 35.5. The summed E-state index contributed by atoms with van der Waals surface area (Å²) in [4.78, 5) is 24.8. The summed E-state index contributed by atoms with van der Waals surface area (Å²) in [6.45, 7) is -0.224. The fourth-order valence-electron chi connectivity index (χ4n) is 2.90. The normalized spacial score (nSPS) is 10.9. The maximum Gasteiger partial charge on any atom is 0.263 e. The van der Waals surface area contributed by atoms with Crippen LogP contribution < -0.4 is 15.5 Å². The molecular formula is C24H18ClN3O3S. The molecular weight excluding hydrogens is 446 g/mol. The predicted molar refractivity (Wildman–Crippen MR) is 128 cm³/mol. The molecule has 0 fully saturated rings. The Balaban J connectivity index is 1.29. The van der Waals surface area contributed by atoms with E-state index in [1.54, 1.807) is 6.07 Å². The summed E-state index contributed by atoms with van der Waals surface area (Å²) in [6, 6.07) is 24.2. The first-order valence-corrected chi connectivity index (χ1v) is 10.9.